The van der Waals surface area contributed by atoms with Crippen molar-refractivity contribution in [1.82, 2.24) is 24.3 Å². The molecular weight excluding hydrogens is 350 g/mol. The smallest absolute Gasteiger partial charge is 0.227 e. The normalized spacial score (nSPS) is 22.8. The molecule has 5 heterocycles. The Morgan fingerprint density at radius 3 is 2.71 bits per heavy atom. The van der Waals surface area contributed by atoms with E-state index in [9.17, 15) is 4.79 Å². The largest absolute Gasteiger partial charge is 0.332 e. The average Bonchev–Trinajstić information content (AvgIpc) is 2.85. The van der Waals surface area contributed by atoms with Crippen LogP contribution >= 0.6 is 0 Å². The molecule has 3 aliphatic heterocycles. The van der Waals surface area contributed by atoms with Gasteiger partial charge in [-0.3, -0.25) is 14.7 Å². The number of carbonyl (C=O) groups is 1. The molecule has 0 radical (unpaired) electrons. The van der Waals surface area contributed by atoms with Gasteiger partial charge in [0.1, 0.15) is 5.82 Å². The van der Waals surface area contributed by atoms with Crippen molar-refractivity contribution in [2.24, 2.45) is 13.0 Å². The van der Waals surface area contributed by atoms with Crippen LogP contribution in [0.5, 0.6) is 0 Å². The molecule has 2 atom stereocenters. The number of pyridine rings is 1. The molecule has 0 unspecified atom stereocenters. The fraction of sp³-hybridized carbons (Fsp3) is 0.409. The number of carbonyl (C=O) groups excluding carboxylic acids is 1. The van der Waals surface area contributed by atoms with E-state index in [1.165, 1.54) is 0 Å². The zero-order valence-electron chi connectivity index (χ0n) is 16.2. The summed E-state index contributed by atoms with van der Waals surface area (Å²) in [5.74, 6) is 1.43. The summed E-state index contributed by atoms with van der Waals surface area (Å²) in [6, 6.07) is 14.4. The van der Waals surface area contributed by atoms with Gasteiger partial charge in [-0.25, -0.2) is 4.98 Å². The lowest BCUT2D eigenvalue weighted by atomic mass is 9.94. The van der Waals surface area contributed by atoms with Crippen molar-refractivity contribution in [3.8, 4) is 0 Å². The van der Waals surface area contributed by atoms with Crippen LogP contribution < -0.4 is 0 Å². The van der Waals surface area contributed by atoms with Gasteiger partial charge >= 0.3 is 0 Å². The molecule has 144 valence electrons. The summed E-state index contributed by atoms with van der Waals surface area (Å²) >= 11 is 0. The Hall–Kier alpha value is -2.73. The van der Waals surface area contributed by atoms with Crippen LogP contribution in [0.4, 0.5) is 0 Å². The lowest BCUT2D eigenvalue weighted by Gasteiger charge is -2.35. The Bertz CT molecular complexity index is 999. The fourth-order valence-electron chi connectivity index (χ4n) is 4.67. The van der Waals surface area contributed by atoms with E-state index in [0.717, 1.165) is 55.0 Å². The molecule has 1 amide bonds. The summed E-state index contributed by atoms with van der Waals surface area (Å²) in [6.45, 7) is 3.11. The van der Waals surface area contributed by atoms with Crippen LogP contribution in [0.15, 0.2) is 48.7 Å². The number of hydrogen-bond acceptors (Lipinski definition) is 4. The molecule has 0 N–H and O–H groups in total. The lowest BCUT2D eigenvalue weighted by molar-refractivity contribution is -0.140. The van der Waals surface area contributed by atoms with Crippen molar-refractivity contribution >= 4 is 16.9 Å². The number of fused-ring (bicyclic) bond motifs is 5. The summed E-state index contributed by atoms with van der Waals surface area (Å²) in [5, 5.41) is 0. The standard InChI is InChI=1S/C22H25N5O/c1-25-20-8-3-2-7-19(20)24-21(25)15-26-12-16-9-10-18(14-26)27(22(16)28)13-17-6-4-5-11-23-17/h2-8,11,16,18H,9-10,12-15H2,1H3/t16-,18+/m1/s1. The first-order valence-electron chi connectivity index (χ1n) is 10.0. The number of hydrogen-bond donors (Lipinski definition) is 0. The number of para-hydroxylation sites is 2. The molecule has 3 saturated heterocycles. The predicted molar refractivity (Wildman–Crippen MR) is 107 cm³/mol. The van der Waals surface area contributed by atoms with Crippen molar-refractivity contribution in [2.45, 2.75) is 32.0 Å². The molecule has 3 aliphatic rings. The monoisotopic (exact) mass is 375 g/mol. The fourth-order valence-corrected chi connectivity index (χ4v) is 4.67. The van der Waals surface area contributed by atoms with E-state index in [4.69, 9.17) is 4.98 Å². The molecule has 2 aromatic heterocycles. The summed E-state index contributed by atoms with van der Waals surface area (Å²) in [6.07, 6.45) is 3.86. The first-order chi connectivity index (χ1) is 13.7. The second-order valence-corrected chi connectivity index (χ2v) is 7.99. The van der Waals surface area contributed by atoms with E-state index >= 15 is 0 Å². The minimum absolute atomic E-state index is 0.0807. The minimum Gasteiger partial charge on any atom is -0.332 e. The van der Waals surface area contributed by atoms with Crippen molar-refractivity contribution in [1.29, 1.82) is 0 Å². The molecule has 0 aliphatic carbocycles. The SMILES string of the molecule is Cn1c(CN2C[C@H]3CC[C@@H](C2)N(Cc2ccccn2)C3=O)nc2ccccc21. The van der Waals surface area contributed by atoms with Gasteiger partial charge < -0.3 is 9.47 Å². The zero-order chi connectivity index (χ0) is 19.1. The van der Waals surface area contributed by atoms with Crippen molar-refractivity contribution in [3.05, 3.63) is 60.2 Å². The Morgan fingerprint density at radius 1 is 1.04 bits per heavy atom. The van der Waals surface area contributed by atoms with E-state index in [0.29, 0.717) is 6.54 Å². The lowest BCUT2D eigenvalue weighted by Crippen LogP contribution is -2.47. The van der Waals surface area contributed by atoms with E-state index in [2.05, 4.69) is 38.5 Å². The van der Waals surface area contributed by atoms with E-state index < -0.39 is 0 Å². The highest BCUT2D eigenvalue weighted by atomic mass is 16.2. The molecule has 3 fully saturated rings. The van der Waals surface area contributed by atoms with Gasteiger partial charge in [-0.15, -0.1) is 0 Å². The predicted octanol–water partition coefficient (Wildman–Crippen LogP) is 2.59. The third kappa shape index (κ3) is 3.07. The van der Waals surface area contributed by atoms with Gasteiger partial charge in [-0.1, -0.05) is 18.2 Å². The molecule has 28 heavy (non-hydrogen) atoms. The minimum atomic E-state index is 0.0807. The number of rotatable bonds is 4. The summed E-state index contributed by atoms with van der Waals surface area (Å²) in [7, 11) is 2.08. The summed E-state index contributed by atoms with van der Waals surface area (Å²) in [5.41, 5.74) is 3.15. The first kappa shape index (κ1) is 17.4. The highest BCUT2D eigenvalue weighted by molar-refractivity contribution is 5.80. The van der Waals surface area contributed by atoms with Gasteiger partial charge in [0.05, 0.1) is 35.7 Å². The van der Waals surface area contributed by atoms with Gasteiger partial charge in [-0.05, 0) is 37.1 Å². The van der Waals surface area contributed by atoms with Gasteiger partial charge in [0.25, 0.3) is 0 Å². The quantitative estimate of drug-likeness (QED) is 0.703. The van der Waals surface area contributed by atoms with E-state index in [-0.39, 0.29) is 17.9 Å². The van der Waals surface area contributed by atoms with Crippen LogP contribution in [-0.2, 0) is 24.9 Å². The first-order valence-corrected chi connectivity index (χ1v) is 10.0. The molecule has 6 heteroatoms. The molecule has 3 aromatic rings. The van der Waals surface area contributed by atoms with Crippen molar-refractivity contribution in [3.63, 3.8) is 0 Å². The van der Waals surface area contributed by atoms with Gasteiger partial charge in [-0.2, -0.15) is 0 Å². The second kappa shape index (κ2) is 7.02. The Morgan fingerprint density at radius 2 is 1.89 bits per heavy atom. The maximum atomic E-state index is 13.1. The van der Waals surface area contributed by atoms with Crippen LogP contribution in [0.3, 0.4) is 0 Å². The average molecular weight is 375 g/mol. The Balaban J connectivity index is 1.37. The van der Waals surface area contributed by atoms with Crippen LogP contribution in [-0.4, -0.2) is 49.4 Å². The number of benzene rings is 1. The number of piperidine rings is 1. The molecule has 6 rings (SSSR count). The Kier molecular flexibility index (Phi) is 4.36. The topological polar surface area (TPSA) is 54.3 Å². The van der Waals surface area contributed by atoms with Crippen LogP contribution in [0, 0.1) is 5.92 Å². The van der Waals surface area contributed by atoms with Crippen molar-refractivity contribution in [2.75, 3.05) is 13.1 Å². The van der Waals surface area contributed by atoms with Crippen molar-refractivity contribution < 1.29 is 4.79 Å². The maximum absolute atomic E-state index is 13.1. The molecule has 0 spiro atoms. The van der Waals surface area contributed by atoms with E-state index in [1.54, 1.807) is 6.20 Å². The molecule has 0 saturated carbocycles. The third-order valence-corrected chi connectivity index (χ3v) is 6.17. The third-order valence-electron chi connectivity index (χ3n) is 6.17. The van der Waals surface area contributed by atoms with Gasteiger partial charge in [0, 0.05) is 32.4 Å². The molecular formula is C22H25N5O. The second-order valence-electron chi connectivity index (χ2n) is 7.99. The molecule has 6 nitrogen and oxygen atoms in total. The number of aromatic nitrogens is 3. The maximum Gasteiger partial charge on any atom is 0.227 e. The number of aryl methyl sites for hydroxylation is 1. The highest BCUT2D eigenvalue weighted by Gasteiger charge is 2.40. The van der Waals surface area contributed by atoms with E-state index in [1.807, 2.05) is 30.3 Å². The number of amides is 1. The van der Waals surface area contributed by atoms with Crippen LogP contribution in [0.25, 0.3) is 11.0 Å². The molecule has 1 aromatic carbocycles. The summed E-state index contributed by atoms with van der Waals surface area (Å²) in [4.78, 5) is 26.8. The Labute approximate surface area is 164 Å². The summed E-state index contributed by atoms with van der Waals surface area (Å²) < 4.78 is 2.18. The number of imidazole rings is 1. The van der Waals surface area contributed by atoms with Crippen LogP contribution in [0.2, 0.25) is 0 Å². The number of nitrogens with zero attached hydrogens (tertiary/aromatic N) is 5. The van der Waals surface area contributed by atoms with Gasteiger partial charge in [0.15, 0.2) is 0 Å². The van der Waals surface area contributed by atoms with Crippen LogP contribution in [0.1, 0.15) is 24.4 Å². The zero-order valence-corrected chi connectivity index (χ0v) is 16.2. The highest BCUT2D eigenvalue weighted by Crippen LogP contribution is 2.31. The molecule has 2 bridgehead atoms. The van der Waals surface area contributed by atoms with Gasteiger partial charge in [0.2, 0.25) is 5.91 Å².